The SMILES string of the molecule is CNC1(C(=O)OC)CC1c1ccc(C)cc1C. The number of carbonyl (C=O) groups is 1. The Morgan fingerprint density at radius 3 is 2.71 bits per heavy atom. The predicted octanol–water partition coefficient (Wildman–Crippen LogP) is 1.92. The van der Waals surface area contributed by atoms with Gasteiger partial charge >= 0.3 is 5.97 Å². The lowest BCUT2D eigenvalue weighted by Crippen LogP contribution is -2.39. The van der Waals surface area contributed by atoms with E-state index in [1.54, 1.807) is 0 Å². The number of ether oxygens (including phenoxy) is 1. The fraction of sp³-hybridized carbons (Fsp3) is 0.500. The van der Waals surface area contributed by atoms with Crippen molar-refractivity contribution >= 4 is 5.97 Å². The van der Waals surface area contributed by atoms with Gasteiger partial charge in [-0.3, -0.25) is 4.79 Å². The van der Waals surface area contributed by atoms with E-state index >= 15 is 0 Å². The van der Waals surface area contributed by atoms with Crippen molar-refractivity contribution < 1.29 is 9.53 Å². The smallest absolute Gasteiger partial charge is 0.326 e. The van der Waals surface area contributed by atoms with Crippen molar-refractivity contribution in [3.63, 3.8) is 0 Å². The van der Waals surface area contributed by atoms with E-state index in [1.165, 1.54) is 23.8 Å². The number of benzene rings is 1. The molecular weight excluding hydrogens is 214 g/mol. The van der Waals surface area contributed by atoms with Crippen molar-refractivity contribution in [2.75, 3.05) is 14.2 Å². The van der Waals surface area contributed by atoms with Crippen LogP contribution in [0.4, 0.5) is 0 Å². The monoisotopic (exact) mass is 233 g/mol. The molecule has 0 bridgehead atoms. The average Bonchev–Trinajstić information content (AvgIpc) is 3.04. The van der Waals surface area contributed by atoms with E-state index in [0.717, 1.165) is 6.42 Å². The summed E-state index contributed by atoms with van der Waals surface area (Å²) in [7, 11) is 3.26. The van der Waals surface area contributed by atoms with Crippen LogP contribution in [-0.4, -0.2) is 25.7 Å². The molecule has 1 aromatic carbocycles. The molecule has 3 heteroatoms. The molecule has 0 heterocycles. The molecule has 0 amide bonds. The average molecular weight is 233 g/mol. The lowest BCUT2D eigenvalue weighted by Gasteiger charge is -2.15. The second kappa shape index (κ2) is 4.15. The van der Waals surface area contributed by atoms with Crippen molar-refractivity contribution in [1.82, 2.24) is 5.32 Å². The summed E-state index contributed by atoms with van der Waals surface area (Å²) in [5.41, 5.74) is 3.24. The van der Waals surface area contributed by atoms with Crippen LogP contribution in [0.1, 0.15) is 29.0 Å². The summed E-state index contributed by atoms with van der Waals surface area (Å²) in [6, 6.07) is 6.38. The standard InChI is InChI=1S/C14H19NO2/c1-9-5-6-11(10(2)7-9)12-8-14(12,15-3)13(16)17-4/h5-7,12,15H,8H2,1-4H3. The third-order valence-corrected chi connectivity index (χ3v) is 3.76. The predicted molar refractivity (Wildman–Crippen MR) is 67.1 cm³/mol. The fourth-order valence-electron chi connectivity index (χ4n) is 2.64. The third-order valence-electron chi connectivity index (χ3n) is 3.76. The van der Waals surface area contributed by atoms with Gasteiger partial charge in [0.2, 0.25) is 0 Å². The Kier molecular flexibility index (Phi) is 2.96. The maximum atomic E-state index is 11.8. The second-order valence-electron chi connectivity index (χ2n) is 4.83. The number of nitrogens with one attached hydrogen (secondary N) is 1. The maximum absolute atomic E-state index is 11.8. The zero-order chi connectivity index (χ0) is 12.6. The summed E-state index contributed by atoms with van der Waals surface area (Å²) < 4.78 is 4.88. The maximum Gasteiger partial charge on any atom is 0.326 e. The van der Waals surface area contributed by atoms with E-state index in [2.05, 4.69) is 37.4 Å². The highest BCUT2D eigenvalue weighted by molar-refractivity contribution is 5.87. The molecule has 2 rings (SSSR count). The number of methoxy groups -OCH3 is 1. The Bertz CT molecular complexity index is 456. The highest BCUT2D eigenvalue weighted by Gasteiger charge is 2.61. The van der Waals surface area contributed by atoms with Crippen molar-refractivity contribution in [3.05, 3.63) is 34.9 Å². The molecule has 1 N–H and O–H groups in total. The van der Waals surface area contributed by atoms with Crippen LogP contribution >= 0.6 is 0 Å². The Balaban J connectivity index is 2.29. The number of likely N-dealkylation sites (N-methyl/N-ethyl adjacent to an activating group) is 1. The molecule has 1 aromatic rings. The summed E-state index contributed by atoms with van der Waals surface area (Å²) in [4.78, 5) is 11.8. The molecule has 2 unspecified atom stereocenters. The molecule has 0 spiro atoms. The third kappa shape index (κ3) is 1.84. The van der Waals surface area contributed by atoms with Crippen molar-refractivity contribution in [1.29, 1.82) is 0 Å². The number of hydrogen-bond donors (Lipinski definition) is 1. The number of hydrogen-bond acceptors (Lipinski definition) is 3. The van der Waals surface area contributed by atoms with Crippen LogP contribution in [0.15, 0.2) is 18.2 Å². The summed E-state index contributed by atoms with van der Waals surface area (Å²) in [6.45, 7) is 4.17. The zero-order valence-corrected chi connectivity index (χ0v) is 10.8. The van der Waals surface area contributed by atoms with Gasteiger partial charge in [0.05, 0.1) is 7.11 Å². The Hall–Kier alpha value is -1.35. The second-order valence-corrected chi connectivity index (χ2v) is 4.83. The summed E-state index contributed by atoms with van der Waals surface area (Å²) in [6.07, 6.45) is 0.820. The number of aryl methyl sites for hydroxylation is 2. The van der Waals surface area contributed by atoms with Gasteiger partial charge in [-0.1, -0.05) is 23.8 Å². The molecule has 0 radical (unpaired) electrons. The zero-order valence-electron chi connectivity index (χ0n) is 10.8. The van der Waals surface area contributed by atoms with Gasteiger partial charge in [-0.15, -0.1) is 0 Å². The van der Waals surface area contributed by atoms with Gasteiger partial charge in [0, 0.05) is 5.92 Å². The van der Waals surface area contributed by atoms with Gasteiger partial charge in [0.1, 0.15) is 5.54 Å². The van der Waals surface area contributed by atoms with Gasteiger partial charge in [0.15, 0.2) is 0 Å². The van der Waals surface area contributed by atoms with Crippen LogP contribution in [0, 0.1) is 13.8 Å². The molecule has 17 heavy (non-hydrogen) atoms. The lowest BCUT2D eigenvalue weighted by atomic mass is 9.99. The quantitative estimate of drug-likeness (QED) is 0.811. The van der Waals surface area contributed by atoms with Crippen LogP contribution in [-0.2, 0) is 9.53 Å². The summed E-state index contributed by atoms with van der Waals surface area (Å²) >= 11 is 0. The van der Waals surface area contributed by atoms with E-state index in [9.17, 15) is 4.79 Å². The van der Waals surface area contributed by atoms with Crippen molar-refractivity contribution in [2.45, 2.75) is 31.7 Å². The van der Waals surface area contributed by atoms with E-state index < -0.39 is 5.54 Å². The van der Waals surface area contributed by atoms with Crippen LogP contribution in [0.3, 0.4) is 0 Å². The molecular formula is C14H19NO2. The van der Waals surface area contributed by atoms with Gasteiger partial charge in [-0.05, 0) is 38.4 Å². The van der Waals surface area contributed by atoms with Crippen LogP contribution in [0.5, 0.6) is 0 Å². The number of carbonyl (C=O) groups excluding carboxylic acids is 1. The van der Waals surface area contributed by atoms with Crippen LogP contribution in [0.25, 0.3) is 0 Å². The molecule has 92 valence electrons. The fourth-order valence-corrected chi connectivity index (χ4v) is 2.64. The first-order valence-corrected chi connectivity index (χ1v) is 5.89. The van der Waals surface area contributed by atoms with Crippen molar-refractivity contribution in [3.8, 4) is 0 Å². The minimum Gasteiger partial charge on any atom is -0.468 e. The van der Waals surface area contributed by atoms with Gasteiger partial charge in [-0.25, -0.2) is 0 Å². The first-order valence-electron chi connectivity index (χ1n) is 5.89. The van der Waals surface area contributed by atoms with E-state index in [0.29, 0.717) is 0 Å². The highest BCUT2D eigenvalue weighted by Crippen LogP contribution is 2.52. The largest absolute Gasteiger partial charge is 0.468 e. The minimum absolute atomic E-state index is 0.162. The van der Waals surface area contributed by atoms with Gasteiger partial charge < -0.3 is 10.1 Å². The topological polar surface area (TPSA) is 38.3 Å². The molecule has 0 aromatic heterocycles. The number of esters is 1. The molecule has 1 fully saturated rings. The van der Waals surface area contributed by atoms with E-state index in [-0.39, 0.29) is 11.9 Å². The van der Waals surface area contributed by atoms with Crippen molar-refractivity contribution in [2.24, 2.45) is 0 Å². The molecule has 1 aliphatic rings. The number of rotatable bonds is 3. The summed E-state index contributed by atoms with van der Waals surface area (Å²) in [5.74, 6) is 0.0746. The Morgan fingerprint density at radius 1 is 1.47 bits per heavy atom. The summed E-state index contributed by atoms with van der Waals surface area (Å²) in [5, 5.41) is 3.12. The molecule has 0 aliphatic heterocycles. The molecule has 1 aliphatic carbocycles. The molecule has 3 nitrogen and oxygen atoms in total. The Morgan fingerprint density at radius 2 is 2.18 bits per heavy atom. The van der Waals surface area contributed by atoms with E-state index in [4.69, 9.17) is 4.74 Å². The van der Waals surface area contributed by atoms with E-state index in [1.807, 2.05) is 7.05 Å². The minimum atomic E-state index is -0.505. The Labute approximate surface area is 102 Å². The highest BCUT2D eigenvalue weighted by atomic mass is 16.5. The lowest BCUT2D eigenvalue weighted by molar-refractivity contribution is -0.144. The first kappa shape index (κ1) is 12.1. The molecule has 0 saturated heterocycles. The van der Waals surface area contributed by atoms with Crippen LogP contribution in [0.2, 0.25) is 0 Å². The van der Waals surface area contributed by atoms with Crippen LogP contribution < -0.4 is 5.32 Å². The molecule has 2 atom stereocenters. The van der Waals surface area contributed by atoms with Gasteiger partial charge in [0.25, 0.3) is 0 Å². The normalized spacial score (nSPS) is 26.7. The van der Waals surface area contributed by atoms with Gasteiger partial charge in [-0.2, -0.15) is 0 Å². The first-order chi connectivity index (χ1) is 8.05. The molecule has 1 saturated carbocycles.